The van der Waals surface area contributed by atoms with Crippen molar-refractivity contribution in [3.05, 3.63) is 70.1 Å². The third-order valence-corrected chi connectivity index (χ3v) is 9.96. The van der Waals surface area contributed by atoms with E-state index in [4.69, 9.17) is 10.5 Å². The Morgan fingerprint density at radius 2 is 1.72 bits per heavy atom. The maximum Gasteiger partial charge on any atom is 0.0963 e. The highest BCUT2D eigenvalue weighted by atomic mass is 32.1. The predicted octanol–water partition coefficient (Wildman–Crippen LogP) is 8.53. The highest BCUT2D eigenvalue weighted by Crippen LogP contribution is 2.46. The van der Waals surface area contributed by atoms with Crippen LogP contribution in [0.25, 0.3) is 33.0 Å². The number of aromatic nitrogens is 2. The van der Waals surface area contributed by atoms with Gasteiger partial charge in [0.25, 0.3) is 0 Å². The Balaban J connectivity index is 0.00000180. The lowest BCUT2D eigenvalue weighted by atomic mass is 10.0. The number of likely N-dealkylation sites (tertiary alicyclic amines) is 1. The van der Waals surface area contributed by atoms with Crippen LogP contribution in [0.4, 0.5) is 5.69 Å². The number of thiophene rings is 1. The molecule has 3 N–H and O–H groups in total. The summed E-state index contributed by atoms with van der Waals surface area (Å²) in [6.07, 6.45) is 7.38. The summed E-state index contributed by atoms with van der Waals surface area (Å²) >= 11 is 1.90. The molecule has 2 aromatic carbocycles. The van der Waals surface area contributed by atoms with Crippen LogP contribution < -0.4 is 5.32 Å². The van der Waals surface area contributed by atoms with Gasteiger partial charge in [-0.1, -0.05) is 64.1 Å². The van der Waals surface area contributed by atoms with E-state index in [2.05, 4.69) is 76.5 Å². The monoisotopic (exact) mass is 596 g/mol. The molecule has 0 bridgehead atoms. The van der Waals surface area contributed by atoms with E-state index < -0.39 is 0 Å². The van der Waals surface area contributed by atoms with Crippen LogP contribution in [0.15, 0.2) is 48.5 Å². The van der Waals surface area contributed by atoms with Gasteiger partial charge in [-0.05, 0) is 75.1 Å². The Morgan fingerprint density at radius 3 is 2.37 bits per heavy atom. The third-order valence-electron chi connectivity index (χ3n) is 8.77. The molecule has 6 rings (SSSR count). The molecule has 1 aliphatic heterocycles. The summed E-state index contributed by atoms with van der Waals surface area (Å²) in [5.41, 5.74) is 10.3. The van der Waals surface area contributed by atoms with Crippen molar-refractivity contribution < 1.29 is 0 Å². The van der Waals surface area contributed by atoms with Crippen molar-refractivity contribution in [3.63, 3.8) is 0 Å². The summed E-state index contributed by atoms with van der Waals surface area (Å²) in [4.78, 5) is 8.09. The van der Waals surface area contributed by atoms with Crippen LogP contribution in [0.3, 0.4) is 0 Å². The number of rotatable bonds is 11. The SMILES string of the molecule is CC.CCCN(CCC)C1CCN(Cc2ccc(-c3cc4c(s3)Cc3c(-c5ccc(C=N)c(NC)c5)n[nH]c3-4)cc2)CC1. The molecule has 3 heterocycles. The smallest absolute Gasteiger partial charge is 0.0963 e. The number of hydrogen-bond acceptors (Lipinski definition) is 6. The van der Waals surface area contributed by atoms with Gasteiger partial charge in [-0.3, -0.25) is 10.00 Å². The van der Waals surface area contributed by atoms with E-state index in [1.165, 1.54) is 90.1 Å². The highest BCUT2D eigenvalue weighted by Gasteiger charge is 2.28. The van der Waals surface area contributed by atoms with Gasteiger partial charge in [0.05, 0.1) is 11.4 Å². The zero-order chi connectivity index (χ0) is 30.3. The van der Waals surface area contributed by atoms with Gasteiger partial charge >= 0.3 is 0 Å². The molecule has 0 unspecified atom stereocenters. The molecule has 0 amide bonds. The molecular formula is C36H48N6S. The lowest BCUT2D eigenvalue weighted by molar-refractivity contribution is 0.104. The van der Waals surface area contributed by atoms with Crippen molar-refractivity contribution in [2.24, 2.45) is 0 Å². The highest BCUT2D eigenvalue weighted by molar-refractivity contribution is 7.16. The standard InChI is InChI=1S/C34H42N6S.C2H6/c1-4-14-40(15-5-2)27-12-16-39(17-13-27)22-23-6-8-24(9-7-23)31-19-28-32(41-31)20-29-33(37-38-34(28)29)25-10-11-26(21-35)30(18-25)36-3;1-2/h6-11,18-19,21,27,35-36H,4-5,12-17,20,22H2,1-3H3,(H,37,38);1-2H3. The van der Waals surface area contributed by atoms with Crippen LogP contribution in [0.2, 0.25) is 0 Å². The zero-order valence-electron chi connectivity index (χ0n) is 26.6. The third kappa shape index (κ3) is 6.64. The first-order valence-corrected chi connectivity index (χ1v) is 17.0. The topological polar surface area (TPSA) is 71.0 Å². The van der Waals surface area contributed by atoms with Crippen molar-refractivity contribution in [3.8, 4) is 33.0 Å². The first-order valence-electron chi connectivity index (χ1n) is 16.2. The van der Waals surface area contributed by atoms with Gasteiger partial charge in [0, 0.05) is 70.0 Å². The summed E-state index contributed by atoms with van der Waals surface area (Å²) in [6.45, 7) is 14.5. The number of H-pyrrole nitrogens is 1. The first-order chi connectivity index (χ1) is 21.1. The average Bonchev–Trinajstić information content (AvgIpc) is 3.74. The first kappa shape index (κ1) is 31.2. The molecule has 4 aromatic rings. The van der Waals surface area contributed by atoms with Gasteiger partial charge in [0.15, 0.2) is 0 Å². The van der Waals surface area contributed by atoms with E-state index in [1.54, 1.807) is 0 Å². The van der Waals surface area contributed by atoms with Gasteiger partial charge in [-0.25, -0.2) is 0 Å². The Bertz CT molecular complexity index is 1490. The van der Waals surface area contributed by atoms with Crippen molar-refractivity contribution in [2.75, 3.05) is 38.5 Å². The molecule has 1 fully saturated rings. The van der Waals surface area contributed by atoms with Crippen molar-refractivity contribution >= 4 is 23.2 Å². The summed E-state index contributed by atoms with van der Waals surface area (Å²) in [5.74, 6) is 0. The number of nitrogens with one attached hydrogen (secondary N) is 3. The number of fused-ring (bicyclic) bond motifs is 3. The molecule has 0 spiro atoms. The Labute approximate surface area is 262 Å². The second kappa shape index (κ2) is 14.5. The minimum Gasteiger partial charge on any atom is -0.388 e. The van der Waals surface area contributed by atoms with E-state index in [9.17, 15) is 0 Å². The quantitative estimate of drug-likeness (QED) is 0.134. The minimum absolute atomic E-state index is 0.763. The largest absolute Gasteiger partial charge is 0.388 e. The maximum atomic E-state index is 7.64. The number of piperidine rings is 1. The molecule has 2 aromatic heterocycles. The number of hydrogen-bond donors (Lipinski definition) is 3. The fraction of sp³-hybridized carbons (Fsp3) is 0.444. The van der Waals surface area contributed by atoms with Crippen LogP contribution in [-0.4, -0.2) is 65.5 Å². The van der Waals surface area contributed by atoms with Gasteiger partial charge in [0.2, 0.25) is 0 Å². The molecule has 1 aliphatic carbocycles. The number of anilines is 1. The number of aromatic amines is 1. The number of nitrogens with zero attached hydrogens (tertiary/aromatic N) is 3. The van der Waals surface area contributed by atoms with Crippen molar-refractivity contribution in [2.45, 2.75) is 72.4 Å². The normalized spacial score (nSPS) is 14.7. The van der Waals surface area contributed by atoms with Crippen LogP contribution >= 0.6 is 11.3 Å². The van der Waals surface area contributed by atoms with E-state index in [-0.39, 0.29) is 0 Å². The summed E-state index contributed by atoms with van der Waals surface area (Å²) < 4.78 is 0. The lowest BCUT2D eigenvalue weighted by Crippen LogP contribution is -2.45. The Morgan fingerprint density at radius 1 is 1.02 bits per heavy atom. The van der Waals surface area contributed by atoms with E-state index >= 15 is 0 Å². The molecular weight excluding hydrogens is 549 g/mol. The van der Waals surface area contributed by atoms with Crippen LogP contribution in [0, 0.1) is 5.41 Å². The van der Waals surface area contributed by atoms with Crippen molar-refractivity contribution in [1.82, 2.24) is 20.0 Å². The second-order valence-electron chi connectivity index (χ2n) is 11.5. The molecule has 2 aliphatic rings. The zero-order valence-corrected chi connectivity index (χ0v) is 27.4. The molecule has 0 saturated carbocycles. The van der Waals surface area contributed by atoms with Gasteiger partial charge in [-0.15, -0.1) is 11.3 Å². The molecule has 7 heteroatoms. The fourth-order valence-corrected chi connectivity index (χ4v) is 7.83. The van der Waals surface area contributed by atoms with Crippen LogP contribution in [-0.2, 0) is 13.0 Å². The molecule has 6 nitrogen and oxygen atoms in total. The van der Waals surface area contributed by atoms with Gasteiger partial charge < -0.3 is 15.6 Å². The minimum atomic E-state index is 0.763. The van der Waals surface area contributed by atoms with E-state index in [0.717, 1.165) is 47.2 Å². The molecule has 0 atom stereocenters. The summed E-state index contributed by atoms with van der Waals surface area (Å²) in [5, 5.41) is 18.9. The molecule has 43 heavy (non-hydrogen) atoms. The van der Waals surface area contributed by atoms with Crippen molar-refractivity contribution in [1.29, 1.82) is 5.41 Å². The number of benzene rings is 2. The van der Waals surface area contributed by atoms with E-state index in [0.29, 0.717) is 0 Å². The van der Waals surface area contributed by atoms with E-state index in [1.807, 2.05) is 38.3 Å². The summed E-state index contributed by atoms with van der Waals surface area (Å²) in [6, 6.07) is 18.5. The molecule has 0 radical (unpaired) electrons. The summed E-state index contributed by atoms with van der Waals surface area (Å²) in [7, 11) is 1.89. The maximum absolute atomic E-state index is 7.64. The second-order valence-corrected chi connectivity index (χ2v) is 12.6. The lowest BCUT2D eigenvalue weighted by Gasteiger charge is -2.38. The Hall–Kier alpha value is -3.26. The van der Waals surface area contributed by atoms with Gasteiger partial charge in [-0.2, -0.15) is 5.10 Å². The van der Waals surface area contributed by atoms with Gasteiger partial charge in [0.1, 0.15) is 0 Å². The molecule has 1 saturated heterocycles. The molecule has 228 valence electrons. The predicted molar refractivity (Wildman–Crippen MR) is 185 cm³/mol. The Kier molecular flexibility index (Phi) is 10.5. The average molecular weight is 597 g/mol. The fourth-order valence-electron chi connectivity index (χ4n) is 6.65. The van der Waals surface area contributed by atoms with Crippen LogP contribution in [0.1, 0.15) is 74.9 Å². The van der Waals surface area contributed by atoms with Crippen LogP contribution in [0.5, 0.6) is 0 Å².